The molecular formula is C22H21N3O2. The topological polar surface area (TPSA) is 61.4 Å². The van der Waals surface area contributed by atoms with Crippen molar-refractivity contribution in [3.05, 3.63) is 90.0 Å². The Hall–Kier alpha value is -3.60. The molecule has 0 radical (unpaired) electrons. The molecule has 3 aromatic carbocycles. The van der Waals surface area contributed by atoms with Crippen LogP contribution in [0.2, 0.25) is 0 Å². The van der Waals surface area contributed by atoms with Crippen LogP contribution in [0, 0.1) is 0 Å². The minimum atomic E-state index is -0.233. The maximum absolute atomic E-state index is 12.5. The van der Waals surface area contributed by atoms with Crippen LogP contribution < -0.4 is 15.5 Å². The standard InChI is InChI=1S/C22H21N3O2/c1-25(2)20-13-11-18(12-14-20)23-22(27)17-9-6-10-19(15-17)24-21(26)16-7-4-3-5-8-16/h3-15H,1-2H3,(H,23,27)(H,24,26). The fourth-order valence-corrected chi connectivity index (χ4v) is 2.58. The van der Waals surface area contributed by atoms with Crippen molar-refractivity contribution in [2.45, 2.75) is 0 Å². The molecule has 3 rings (SSSR count). The van der Waals surface area contributed by atoms with E-state index in [4.69, 9.17) is 0 Å². The van der Waals surface area contributed by atoms with Gasteiger partial charge < -0.3 is 15.5 Å². The number of anilines is 3. The molecule has 136 valence electrons. The number of carbonyl (C=O) groups is 2. The molecule has 27 heavy (non-hydrogen) atoms. The average Bonchev–Trinajstić information content (AvgIpc) is 2.69. The van der Waals surface area contributed by atoms with Crippen molar-refractivity contribution in [2.24, 2.45) is 0 Å². The smallest absolute Gasteiger partial charge is 0.255 e. The number of amides is 2. The van der Waals surface area contributed by atoms with Crippen molar-refractivity contribution in [2.75, 3.05) is 29.6 Å². The first kappa shape index (κ1) is 18.2. The van der Waals surface area contributed by atoms with Crippen LogP contribution in [0.1, 0.15) is 20.7 Å². The van der Waals surface area contributed by atoms with E-state index < -0.39 is 0 Å². The van der Waals surface area contributed by atoms with Crippen molar-refractivity contribution < 1.29 is 9.59 Å². The molecular weight excluding hydrogens is 338 g/mol. The monoisotopic (exact) mass is 359 g/mol. The summed E-state index contributed by atoms with van der Waals surface area (Å²) in [5.41, 5.74) is 3.37. The second-order valence-electron chi connectivity index (χ2n) is 6.30. The van der Waals surface area contributed by atoms with Crippen LogP contribution >= 0.6 is 0 Å². The predicted octanol–water partition coefficient (Wildman–Crippen LogP) is 4.26. The van der Waals surface area contributed by atoms with Crippen LogP contribution in [0.3, 0.4) is 0 Å². The maximum Gasteiger partial charge on any atom is 0.255 e. The Morgan fingerprint density at radius 1 is 0.667 bits per heavy atom. The number of nitrogens with one attached hydrogen (secondary N) is 2. The quantitative estimate of drug-likeness (QED) is 0.716. The minimum Gasteiger partial charge on any atom is -0.378 e. The third kappa shape index (κ3) is 4.73. The minimum absolute atomic E-state index is 0.215. The van der Waals surface area contributed by atoms with Crippen molar-refractivity contribution >= 4 is 28.9 Å². The summed E-state index contributed by atoms with van der Waals surface area (Å²) in [5.74, 6) is -0.448. The van der Waals surface area contributed by atoms with Gasteiger partial charge in [-0.2, -0.15) is 0 Å². The maximum atomic E-state index is 12.5. The highest BCUT2D eigenvalue weighted by Crippen LogP contribution is 2.18. The van der Waals surface area contributed by atoms with Gasteiger partial charge in [0.05, 0.1) is 0 Å². The fourth-order valence-electron chi connectivity index (χ4n) is 2.58. The van der Waals surface area contributed by atoms with Gasteiger partial charge in [-0.1, -0.05) is 24.3 Å². The van der Waals surface area contributed by atoms with E-state index in [-0.39, 0.29) is 11.8 Å². The van der Waals surface area contributed by atoms with E-state index in [0.29, 0.717) is 22.5 Å². The largest absolute Gasteiger partial charge is 0.378 e. The lowest BCUT2D eigenvalue weighted by Gasteiger charge is -2.13. The normalized spacial score (nSPS) is 10.1. The van der Waals surface area contributed by atoms with Gasteiger partial charge in [0.25, 0.3) is 11.8 Å². The van der Waals surface area contributed by atoms with Crippen LogP contribution in [-0.4, -0.2) is 25.9 Å². The lowest BCUT2D eigenvalue weighted by molar-refractivity contribution is 0.101. The molecule has 2 amide bonds. The van der Waals surface area contributed by atoms with Crippen LogP contribution in [0.15, 0.2) is 78.9 Å². The lowest BCUT2D eigenvalue weighted by Crippen LogP contribution is -2.15. The fraction of sp³-hybridized carbons (Fsp3) is 0.0909. The molecule has 0 fully saturated rings. The Labute approximate surface area is 158 Å². The van der Waals surface area contributed by atoms with Crippen molar-refractivity contribution in [1.29, 1.82) is 0 Å². The second kappa shape index (κ2) is 8.19. The molecule has 0 saturated carbocycles. The van der Waals surface area contributed by atoms with E-state index in [2.05, 4.69) is 10.6 Å². The Morgan fingerprint density at radius 3 is 1.93 bits per heavy atom. The van der Waals surface area contributed by atoms with E-state index in [9.17, 15) is 9.59 Å². The highest BCUT2D eigenvalue weighted by molar-refractivity contribution is 6.07. The molecule has 0 aromatic heterocycles. The molecule has 0 aliphatic rings. The van der Waals surface area contributed by atoms with Gasteiger partial charge in [-0.05, 0) is 54.6 Å². The van der Waals surface area contributed by atoms with E-state index in [0.717, 1.165) is 5.69 Å². The highest BCUT2D eigenvalue weighted by Gasteiger charge is 2.09. The number of hydrogen-bond donors (Lipinski definition) is 2. The summed E-state index contributed by atoms with van der Waals surface area (Å²) in [6, 6.07) is 23.4. The first-order chi connectivity index (χ1) is 13.0. The first-order valence-electron chi connectivity index (χ1n) is 8.58. The van der Waals surface area contributed by atoms with Crippen LogP contribution in [-0.2, 0) is 0 Å². The van der Waals surface area contributed by atoms with Crippen molar-refractivity contribution in [3.63, 3.8) is 0 Å². The molecule has 5 heteroatoms. The van der Waals surface area contributed by atoms with Gasteiger partial charge in [-0.15, -0.1) is 0 Å². The predicted molar refractivity (Wildman–Crippen MR) is 110 cm³/mol. The molecule has 5 nitrogen and oxygen atoms in total. The van der Waals surface area contributed by atoms with Gasteiger partial charge in [0, 0.05) is 42.3 Å². The first-order valence-corrected chi connectivity index (χ1v) is 8.58. The number of benzene rings is 3. The summed E-state index contributed by atoms with van der Waals surface area (Å²) in [6.07, 6.45) is 0. The summed E-state index contributed by atoms with van der Waals surface area (Å²) in [6.45, 7) is 0. The molecule has 0 atom stereocenters. The van der Waals surface area contributed by atoms with E-state index >= 15 is 0 Å². The lowest BCUT2D eigenvalue weighted by atomic mass is 10.1. The molecule has 0 saturated heterocycles. The summed E-state index contributed by atoms with van der Waals surface area (Å²) in [5, 5.41) is 5.68. The third-order valence-electron chi connectivity index (χ3n) is 4.06. The zero-order chi connectivity index (χ0) is 19.2. The number of carbonyl (C=O) groups excluding carboxylic acids is 2. The Bertz CT molecular complexity index is 935. The van der Waals surface area contributed by atoms with Crippen LogP contribution in [0.4, 0.5) is 17.1 Å². The molecule has 0 bridgehead atoms. The highest BCUT2D eigenvalue weighted by atomic mass is 16.2. The average molecular weight is 359 g/mol. The second-order valence-corrected chi connectivity index (χ2v) is 6.30. The van der Waals surface area contributed by atoms with Gasteiger partial charge in [-0.3, -0.25) is 9.59 Å². The Balaban J connectivity index is 1.69. The van der Waals surface area contributed by atoms with Gasteiger partial charge in [-0.25, -0.2) is 0 Å². The van der Waals surface area contributed by atoms with E-state index in [1.54, 1.807) is 48.5 Å². The summed E-state index contributed by atoms with van der Waals surface area (Å²) >= 11 is 0. The Kier molecular flexibility index (Phi) is 5.52. The summed E-state index contributed by atoms with van der Waals surface area (Å²) in [7, 11) is 3.92. The van der Waals surface area contributed by atoms with E-state index in [1.807, 2.05) is 49.3 Å². The van der Waals surface area contributed by atoms with Gasteiger partial charge in [0.2, 0.25) is 0 Å². The Morgan fingerprint density at radius 2 is 1.26 bits per heavy atom. The van der Waals surface area contributed by atoms with Gasteiger partial charge in [0.1, 0.15) is 0 Å². The van der Waals surface area contributed by atoms with Crippen LogP contribution in [0.25, 0.3) is 0 Å². The molecule has 2 N–H and O–H groups in total. The SMILES string of the molecule is CN(C)c1ccc(NC(=O)c2cccc(NC(=O)c3ccccc3)c2)cc1. The number of nitrogens with zero attached hydrogens (tertiary/aromatic N) is 1. The molecule has 0 aliphatic heterocycles. The summed E-state index contributed by atoms with van der Waals surface area (Å²) in [4.78, 5) is 26.8. The van der Waals surface area contributed by atoms with Gasteiger partial charge >= 0.3 is 0 Å². The van der Waals surface area contributed by atoms with Crippen LogP contribution in [0.5, 0.6) is 0 Å². The molecule has 0 heterocycles. The van der Waals surface area contributed by atoms with E-state index in [1.165, 1.54) is 0 Å². The summed E-state index contributed by atoms with van der Waals surface area (Å²) < 4.78 is 0. The van der Waals surface area contributed by atoms with Crippen molar-refractivity contribution in [3.8, 4) is 0 Å². The molecule has 0 spiro atoms. The van der Waals surface area contributed by atoms with Gasteiger partial charge in [0.15, 0.2) is 0 Å². The number of hydrogen-bond acceptors (Lipinski definition) is 3. The van der Waals surface area contributed by atoms with Crippen molar-refractivity contribution in [1.82, 2.24) is 0 Å². The molecule has 3 aromatic rings. The number of rotatable bonds is 5. The zero-order valence-corrected chi connectivity index (χ0v) is 15.3. The molecule has 0 aliphatic carbocycles. The zero-order valence-electron chi connectivity index (χ0n) is 15.3. The third-order valence-corrected chi connectivity index (χ3v) is 4.06. The molecule has 0 unspecified atom stereocenters.